The minimum Gasteiger partial charge on any atom is -0.497 e. The van der Waals surface area contributed by atoms with Crippen molar-refractivity contribution in [1.82, 2.24) is 14.7 Å². The Hall–Kier alpha value is -3.79. The highest BCUT2D eigenvalue weighted by Crippen LogP contribution is 2.42. The molecule has 202 valence electrons. The van der Waals surface area contributed by atoms with Crippen LogP contribution in [-0.2, 0) is 0 Å². The number of methoxy groups -OCH3 is 1. The Morgan fingerprint density at radius 3 is 2.26 bits per heavy atom. The van der Waals surface area contributed by atoms with Crippen LogP contribution in [0, 0.1) is 11.8 Å². The van der Waals surface area contributed by atoms with E-state index in [4.69, 9.17) is 4.74 Å². The van der Waals surface area contributed by atoms with Gasteiger partial charge in [0.25, 0.3) is 0 Å². The van der Waals surface area contributed by atoms with Gasteiger partial charge in [-0.25, -0.2) is 4.79 Å². The Bertz CT molecular complexity index is 1300. The number of amides is 2. The SMILES string of the molecule is COc1ccc(NC(=O)N2CCCCN3[C@@H](CN(C)C)[C@H](c4ccc(C#Cc5ccccc5)cc4)[C@@H]3C2)cc1. The van der Waals surface area contributed by atoms with E-state index in [9.17, 15) is 4.79 Å². The number of nitrogens with zero attached hydrogens (tertiary/aromatic N) is 3. The second-order valence-electron chi connectivity index (χ2n) is 10.7. The Morgan fingerprint density at radius 1 is 0.923 bits per heavy atom. The van der Waals surface area contributed by atoms with E-state index >= 15 is 0 Å². The third-order valence-electron chi connectivity index (χ3n) is 7.78. The first-order valence-corrected chi connectivity index (χ1v) is 13.8. The number of benzene rings is 3. The normalized spacial score (nSPS) is 21.0. The van der Waals surface area contributed by atoms with Crippen LogP contribution in [0.15, 0.2) is 78.9 Å². The van der Waals surface area contributed by atoms with Gasteiger partial charge in [-0.05, 0) is 87.6 Å². The van der Waals surface area contributed by atoms with Crippen LogP contribution in [0.3, 0.4) is 0 Å². The fraction of sp³-hybridized carbons (Fsp3) is 0.364. The van der Waals surface area contributed by atoms with Crippen molar-refractivity contribution in [3.63, 3.8) is 0 Å². The minimum atomic E-state index is -0.0386. The van der Waals surface area contributed by atoms with Crippen molar-refractivity contribution >= 4 is 11.7 Å². The highest BCUT2D eigenvalue weighted by Gasteiger charge is 2.49. The van der Waals surface area contributed by atoms with Crippen LogP contribution in [0.1, 0.15) is 35.4 Å². The van der Waals surface area contributed by atoms with E-state index < -0.39 is 0 Å². The predicted octanol–water partition coefficient (Wildman–Crippen LogP) is 5.12. The number of nitrogens with one attached hydrogen (secondary N) is 1. The summed E-state index contributed by atoms with van der Waals surface area (Å²) in [5, 5.41) is 3.09. The molecule has 3 aromatic carbocycles. The van der Waals surface area contributed by atoms with Crippen LogP contribution in [0.4, 0.5) is 10.5 Å². The summed E-state index contributed by atoms with van der Waals surface area (Å²) in [7, 11) is 5.93. The second-order valence-corrected chi connectivity index (χ2v) is 10.7. The predicted molar refractivity (Wildman–Crippen MR) is 157 cm³/mol. The molecule has 2 aliphatic heterocycles. The van der Waals surface area contributed by atoms with E-state index in [-0.39, 0.29) is 12.1 Å². The molecule has 3 aromatic rings. The first-order valence-electron chi connectivity index (χ1n) is 13.8. The number of rotatable bonds is 5. The molecule has 2 saturated heterocycles. The molecule has 1 N–H and O–H groups in total. The molecular formula is C33H38N4O2. The highest BCUT2D eigenvalue weighted by molar-refractivity contribution is 5.89. The van der Waals surface area contributed by atoms with Gasteiger partial charge in [-0.2, -0.15) is 0 Å². The van der Waals surface area contributed by atoms with Crippen molar-refractivity contribution in [2.75, 3.05) is 52.7 Å². The average molecular weight is 523 g/mol. The maximum absolute atomic E-state index is 13.3. The summed E-state index contributed by atoms with van der Waals surface area (Å²) >= 11 is 0. The van der Waals surface area contributed by atoms with Crippen LogP contribution in [0.2, 0.25) is 0 Å². The van der Waals surface area contributed by atoms with Gasteiger partial charge in [-0.3, -0.25) is 4.90 Å². The minimum absolute atomic E-state index is 0.0386. The van der Waals surface area contributed by atoms with Crippen LogP contribution in [0.5, 0.6) is 5.75 Å². The quantitative estimate of drug-likeness (QED) is 0.473. The van der Waals surface area contributed by atoms with Gasteiger partial charge in [-0.15, -0.1) is 0 Å². The smallest absolute Gasteiger partial charge is 0.321 e. The number of likely N-dealkylation sites (N-methyl/N-ethyl adjacent to an activating group) is 1. The number of carbonyl (C=O) groups excluding carboxylic acids is 1. The third kappa shape index (κ3) is 6.44. The fourth-order valence-corrected chi connectivity index (χ4v) is 5.83. The van der Waals surface area contributed by atoms with E-state index in [1.54, 1.807) is 7.11 Å². The molecule has 5 rings (SSSR count). The number of carbonyl (C=O) groups is 1. The molecular weight excluding hydrogens is 484 g/mol. The monoisotopic (exact) mass is 522 g/mol. The van der Waals surface area contributed by atoms with Gasteiger partial charge in [0.05, 0.1) is 7.11 Å². The number of hydrogen-bond donors (Lipinski definition) is 1. The lowest BCUT2D eigenvalue weighted by Gasteiger charge is -2.58. The molecule has 39 heavy (non-hydrogen) atoms. The van der Waals surface area contributed by atoms with Crippen LogP contribution >= 0.6 is 0 Å². The molecule has 2 amide bonds. The average Bonchev–Trinajstić information content (AvgIpc) is 2.94. The van der Waals surface area contributed by atoms with Crippen molar-refractivity contribution in [2.24, 2.45) is 0 Å². The van der Waals surface area contributed by atoms with Crippen LogP contribution < -0.4 is 10.1 Å². The summed E-state index contributed by atoms with van der Waals surface area (Å²) in [4.78, 5) is 20.2. The zero-order valence-corrected chi connectivity index (χ0v) is 23.1. The van der Waals surface area contributed by atoms with Crippen LogP contribution in [-0.4, -0.2) is 80.2 Å². The van der Waals surface area contributed by atoms with Crippen molar-refractivity contribution in [3.05, 3.63) is 95.6 Å². The Balaban J connectivity index is 1.33. The molecule has 0 spiro atoms. The van der Waals surface area contributed by atoms with Crippen LogP contribution in [0.25, 0.3) is 0 Å². The summed E-state index contributed by atoms with van der Waals surface area (Å²) in [5.41, 5.74) is 4.14. The van der Waals surface area contributed by atoms with Gasteiger partial charge >= 0.3 is 6.03 Å². The lowest BCUT2D eigenvalue weighted by atomic mass is 9.73. The van der Waals surface area contributed by atoms with E-state index in [0.717, 1.165) is 55.0 Å². The van der Waals surface area contributed by atoms with E-state index in [2.05, 4.69) is 65.3 Å². The Morgan fingerprint density at radius 2 is 1.59 bits per heavy atom. The molecule has 0 aliphatic carbocycles. The Labute approximate surface area is 232 Å². The summed E-state index contributed by atoms with van der Waals surface area (Å²) in [6.07, 6.45) is 2.10. The third-order valence-corrected chi connectivity index (χ3v) is 7.78. The molecule has 2 aliphatic rings. The topological polar surface area (TPSA) is 48.1 Å². The number of hydrogen-bond acceptors (Lipinski definition) is 4. The zero-order valence-electron chi connectivity index (χ0n) is 23.1. The maximum Gasteiger partial charge on any atom is 0.321 e. The molecule has 2 fully saturated rings. The largest absolute Gasteiger partial charge is 0.497 e. The number of urea groups is 1. The van der Waals surface area contributed by atoms with Gasteiger partial charge in [0.2, 0.25) is 0 Å². The van der Waals surface area contributed by atoms with Crippen molar-refractivity contribution < 1.29 is 9.53 Å². The molecule has 0 unspecified atom stereocenters. The molecule has 3 atom stereocenters. The van der Waals surface area contributed by atoms with Gasteiger partial charge in [0, 0.05) is 54.5 Å². The summed E-state index contributed by atoms with van der Waals surface area (Å²) in [5.74, 6) is 7.68. The second kappa shape index (κ2) is 12.4. The zero-order chi connectivity index (χ0) is 27.2. The standard InChI is InChI=1S/C33H38N4O2/c1-35(2)23-30-32(27-15-13-26(14-16-27)12-11-25-9-5-4-6-10-25)31-24-36(21-7-8-22-37(30)31)33(38)34-28-17-19-29(39-3)20-18-28/h4-6,9-10,13-20,30-32H,7-8,21-24H2,1-3H3,(H,34,38)/t30-,31-,32-/m0/s1. The summed E-state index contributed by atoms with van der Waals surface area (Å²) in [6.45, 7) is 3.56. The molecule has 6 heteroatoms. The first kappa shape index (κ1) is 26.8. The lowest BCUT2D eigenvalue weighted by Crippen LogP contribution is -2.69. The number of fused-ring (bicyclic) bond motifs is 1. The van der Waals surface area contributed by atoms with Gasteiger partial charge < -0.3 is 19.9 Å². The first-order chi connectivity index (χ1) is 19.0. The molecule has 2 heterocycles. The number of ether oxygens (including phenoxy) is 1. The summed E-state index contributed by atoms with van der Waals surface area (Å²) in [6, 6.07) is 27.0. The van der Waals surface area contributed by atoms with E-state index in [0.29, 0.717) is 18.5 Å². The molecule has 0 aromatic heterocycles. The number of anilines is 1. The van der Waals surface area contributed by atoms with Gasteiger partial charge in [0.15, 0.2) is 0 Å². The van der Waals surface area contributed by atoms with Crippen molar-refractivity contribution in [2.45, 2.75) is 30.8 Å². The maximum atomic E-state index is 13.3. The Kier molecular flexibility index (Phi) is 8.51. The molecule has 6 nitrogen and oxygen atoms in total. The molecule has 0 radical (unpaired) electrons. The highest BCUT2D eigenvalue weighted by atomic mass is 16.5. The van der Waals surface area contributed by atoms with Crippen molar-refractivity contribution in [1.29, 1.82) is 0 Å². The fourth-order valence-electron chi connectivity index (χ4n) is 5.83. The van der Waals surface area contributed by atoms with Crippen molar-refractivity contribution in [3.8, 4) is 17.6 Å². The van der Waals surface area contributed by atoms with Gasteiger partial charge in [0.1, 0.15) is 5.75 Å². The van der Waals surface area contributed by atoms with Gasteiger partial charge in [-0.1, -0.05) is 42.2 Å². The lowest BCUT2D eigenvalue weighted by molar-refractivity contribution is -0.0447. The van der Waals surface area contributed by atoms with E-state index in [1.807, 2.05) is 59.5 Å². The molecule has 0 bridgehead atoms. The van der Waals surface area contributed by atoms with E-state index in [1.165, 1.54) is 5.56 Å². The summed E-state index contributed by atoms with van der Waals surface area (Å²) < 4.78 is 5.25. The molecule has 0 saturated carbocycles.